The lowest BCUT2D eigenvalue weighted by molar-refractivity contribution is -0.170. The van der Waals surface area contributed by atoms with Gasteiger partial charge < -0.3 is 39.7 Å². The number of hydrogen-bond donors (Lipinski definition) is 5. The SMILES string of the molecule is Cc1cc(C[C@@H]2CCC[C@H]2NCC(C)Cc2ccc3c(c2)OCO3)on1.O=C(O)CC(O)(CC(=O)O)C(=O)O. The van der Waals surface area contributed by atoms with Gasteiger partial charge in [0.15, 0.2) is 17.1 Å². The summed E-state index contributed by atoms with van der Waals surface area (Å²) in [5.41, 5.74) is -0.457. The van der Waals surface area contributed by atoms with Gasteiger partial charge in [-0.2, -0.15) is 0 Å². The molecule has 2 aliphatic rings. The lowest BCUT2D eigenvalue weighted by atomic mass is 9.96. The van der Waals surface area contributed by atoms with Crippen LogP contribution in [0.5, 0.6) is 11.5 Å². The van der Waals surface area contributed by atoms with E-state index in [2.05, 4.69) is 35.6 Å². The van der Waals surface area contributed by atoms with Gasteiger partial charge in [-0.05, 0) is 62.3 Å². The minimum atomic E-state index is -2.74. The number of nitrogens with zero attached hydrogens (tertiary/aromatic N) is 1. The third kappa shape index (κ3) is 8.96. The normalized spacial score (nSPS) is 18.7. The first-order chi connectivity index (χ1) is 18.4. The van der Waals surface area contributed by atoms with Crippen molar-refractivity contribution < 1.29 is 48.8 Å². The Hall–Kier alpha value is -3.64. The van der Waals surface area contributed by atoms with Gasteiger partial charge in [0.2, 0.25) is 6.79 Å². The smallest absolute Gasteiger partial charge is 0.336 e. The van der Waals surface area contributed by atoms with Crippen LogP contribution < -0.4 is 14.8 Å². The van der Waals surface area contributed by atoms with E-state index in [-0.39, 0.29) is 0 Å². The molecule has 2 aromatic rings. The summed E-state index contributed by atoms with van der Waals surface area (Å²) >= 11 is 0. The molecule has 3 atom stereocenters. The first kappa shape index (κ1) is 29.9. The standard InChI is InChI=1S/C21H28N2O3.C6H8O7/c1-14(8-16-6-7-20-21(10-16)25-13-24-20)12-22-19-5-3-4-17(19)11-18-9-15(2)23-26-18;7-3(8)1-6(13,5(11)12)2-4(9)10/h6-7,9-10,14,17,19,22H,3-5,8,11-13H2,1-2H3;13H,1-2H2,(H,7,8)(H,9,10)(H,11,12)/t14?,17-,19+;/m0./s1. The summed E-state index contributed by atoms with van der Waals surface area (Å²) in [5, 5.41) is 41.6. The summed E-state index contributed by atoms with van der Waals surface area (Å²) in [4.78, 5) is 30.5. The third-order valence-corrected chi connectivity index (χ3v) is 6.83. The highest BCUT2D eigenvalue weighted by molar-refractivity contribution is 5.88. The van der Waals surface area contributed by atoms with Crippen LogP contribution in [0.2, 0.25) is 0 Å². The molecule has 0 amide bonds. The highest BCUT2D eigenvalue weighted by Gasteiger charge is 2.40. The van der Waals surface area contributed by atoms with Gasteiger partial charge in [-0.15, -0.1) is 0 Å². The molecule has 1 aromatic heterocycles. The molecule has 1 fully saturated rings. The fraction of sp³-hybridized carbons (Fsp3) is 0.556. The van der Waals surface area contributed by atoms with Gasteiger partial charge in [0.05, 0.1) is 18.5 Å². The lowest BCUT2D eigenvalue weighted by Crippen LogP contribution is -2.42. The number of hydrogen-bond acceptors (Lipinski definition) is 9. The number of aryl methyl sites for hydroxylation is 1. The largest absolute Gasteiger partial charge is 0.481 e. The summed E-state index contributed by atoms with van der Waals surface area (Å²) in [6.45, 7) is 5.66. The second-order valence-electron chi connectivity index (χ2n) is 10.3. The maximum absolute atomic E-state index is 10.3. The molecule has 1 saturated carbocycles. The van der Waals surface area contributed by atoms with Gasteiger partial charge in [-0.1, -0.05) is 24.6 Å². The van der Waals surface area contributed by atoms with Gasteiger partial charge in [0.25, 0.3) is 0 Å². The molecule has 1 aliphatic heterocycles. The zero-order valence-corrected chi connectivity index (χ0v) is 22.1. The van der Waals surface area contributed by atoms with Gasteiger partial charge in [0.1, 0.15) is 5.76 Å². The Morgan fingerprint density at radius 2 is 1.77 bits per heavy atom. The fourth-order valence-electron chi connectivity index (χ4n) is 4.93. The van der Waals surface area contributed by atoms with E-state index in [1.807, 2.05) is 13.0 Å². The molecule has 214 valence electrons. The third-order valence-electron chi connectivity index (χ3n) is 6.83. The van der Waals surface area contributed by atoms with Crippen LogP contribution in [-0.2, 0) is 27.2 Å². The molecular weight excluding hydrogens is 512 g/mol. The van der Waals surface area contributed by atoms with Crippen LogP contribution >= 0.6 is 0 Å². The van der Waals surface area contributed by atoms with Crippen molar-refractivity contribution in [2.75, 3.05) is 13.3 Å². The summed E-state index contributed by atoms with van der Waals surface area (Å²) in [5.74, 6) is -1.04. The van der Waals surface area contributed by atoms with Crippen LogP contribution in [0, 0.1) is 18.8 Å². The molecule has 0 spiro atoms. The molecule has 12 nitrogen and oxygen atoms in total. The maximum atomic E-state index is 10.3. The van der Waals surface area contributed by atoms with Crippen molar-refractivity contribution in [2.24, 2.45) is 11.8 Å². The maximum Gasteiger partial charge on any atom is 0.336 e. The molecule has 0 bridgehead atoms. The van der Waals surface area contributed by atoms with E-state index >= 15 is 0 Å². The number of nitrogens with one attached hydrogen (secondary N) is 1. The van der Waals surface area contributed by atoms with E-state index in [0.717, 1.165) is 42.3 Å². The number of fused-ring (bicyclic) bond motifs is 1. The molecule has 1 aliphatic carbocycles. The molecule has 4 rings (SSSR count). The molecular formula is C27H36N2O10. The Labute approximate surface area is 225 Å². The molecule has 2 heterocycles. The Bertz CT molecular complexity index is 1130. The lowest BCUT2D eigenvalue weighted by Gasteiger charge is -2.22. The van der Waals surface area contributed by atoms with Crippen molar-refractivity contribution in [1.82, 2.24) is 10.5 Å². The second-order valence-corrected chi connectivity index (χ2v) is 10.3. The van der Waals surface area contributed by atoms with Crippen molar-refractivity contribution in [3.05, 3.63) is 41.3 Å². The van der Waals surface area contributed by atoms with Crippen LogP contribution in [0.15, 0.2) is 28.8 Å². The molecule has 1 unspecified atom stereocenters. The van der Waals surface area contributed by atoms with Crippen LogP contribution in [0.4, 0.5) is 0 Å². The van der Waals surface area contributed by atoms with Gasteiger partial charge in [-0.3, -0.25) is 9.59 Å². The quantitative estimate of drug-likeness (QED) is 0.261. The minimum absolute atomic E-state index is 0.337. The molecule has 12 heteroatoms. The summed E-state index contributed by atoms with van der Waals surface area (Å²) < 4.78 is 16.3. The number of benzene rings is 1. The number of aliphatic hydroxyl groups is 1. The Kier molecular flexibility index (Phi) is 10.3. The van der Waals surface area contributed by atoms with Crippen LogP contribution in [-0.4, -0.2) is 68.5 Å². The Morgan fingerprint density at radius 1 is 1.08 bits per heavy atom. The Balaban J connectivity index is 0.000000276. The minimum Gasteiger partial charge on any atom is -0.481 e. The first-order valence-electron chi connectivity index (χ1n) is 12.9. The van der Waals surface area contributed by atoms with Crippen molar-refractivity contribution in [2.45, 2.75) is 70.4 Å². The predicted molar refractivity (Wildman–Crippen MR) is 137 cm³/mol. The molecule has 5 N–H and O–H groups in total. The average molecular weight is 549 g/mol. The van der Waals surface area contributed by atoms with E-state index < -0.39 is 36.4 Å². The number of rotatable bonds is 12. The first-order valence-corrected chi connectivity index (χ1v) is 12.9. The van der Waals surface area contributed by atoms with Crippen LogP contribution in [0.25, 0.3) is 0 Å². The second kappa shape index (κ2) is 13.4. The number of carbonyl (C=O) groups is 3. The van der Waals surface area contributed by atoms with Crippen molar-refractivity contribution in [3.8, 4) is 11.5 Å². The monoisotopic (exact) mass is 548 g/mol. The zero-order chi connectivity index (χ0) is 28.6. The van der Waals surface area contributed by atoms with E-state index in [9.17, 15) is 14.4 Å². The van der Waals surface area contributed by atoms with E-state index in [0.29, 0.717) is 24.7 Å². The predicted octanol–water partition coefficient (Wildman–Crippen LogP) is 2.64. The van der Waals surface area contributed by atoms with Crippen molar-refractivity contribution in [1.29, 1.82) is 0 Å². The van der Waals surface area contributed by atoms with E-state index in [1.165, 1.54) is 24.8 Å². The number of carboxylic acid groups (broad SMARTS) is 3. The number of ether oxygens (including phenoxy) is 2. The molecule has 0 radical (unpaired) electrons. The fourth-order valence-corrected chi connectivity index (χ4v) is 4.93. The average Bonchev–Trinajstić information content (AvgIpc) is 3.58. The molecule has 0 saturated heterocycles. The van der Waals surface area contributed by atoms with E-state index in [1.54, 1.807) is 0 Å². The van der Waals surface area contributed by atoms with E-state index in [4.69, 9.17) is 34.4 Å². The summed E-state index contributed by atoms with van der Waals surface area (Å²) in [6.07, 6.45) is 3.58. The van der Waals surface area contributed by atoms with Crippen LogP contribution in [0.1, 0.15) is 56.0 Å². The van der Waals surface area contributed by atoms with Gasteiger partial charge in [0, 0.05) is 18.5 Å². The number of carboxylic acids is 3. The molecule has 1 aromatic carbocycles. The van der Waals surface area contributed by atoms with Gasteiger partial charge in [-0.25, -0.2) is 4.79 Å². The summed E-state index contributed by atoms with van der Waals surface area (Å²) in [7, 11) is 0. The Morgan fingerprint density at radius 3 is 2.38 bits per heavy atom. The number of aliphatic carboxylic acids is 3. The zero-order valence-electron chi connectivity index (χ0n) is 22.1. The summed E-state index contributed by atoms with van der Waals surface area (Å²) in [6, 6.07) is 8.93. The highest BCUT2D eigenvalue weighted by Crippen LogP contribution is 2.33. The highest BCUT2D eigenvalue weighted by atomic mass is 16.7. The van der Waals surface area contributed by atoms with Crippen molar-refractivity contribution in [3.63, 3.8) is 0 Å². The molecule has 39 heavy (non-hydrogen) atoms. The van der Waals surface area contributed by atoms with Gasteiger partial charge >= 0.3 is 17.9 Å². The number of aromatic nitrogens is 1. The van der Waals surface area contributed by atoms with Crippen molar-refractivity contribution >= 4 is 17.9 Å². The van der Waals surface area contributed by atoms with Crippen LogP contribution in [0.3, 0.4) is 0 Å². The topological polar surface area (TPSA) is 189 Å².